The molecule has 1 aliphatic carbocycles. The van der Waals surface area contributed by atoms with Crippen LogP contribution in [0.15, 0.2) is 47.8 Å². The third-order valence-corrected chi connectivity index (χ3v) is 5.35. The average Bonchev–Trinajstić information content (AvgIpc) is 3.27. The number of fused-ring (bicyclic) bond motifs is 1. The molecule has 23 heavy (non-hydrogen) atoms. The third kappa shape index (κ3) is 2.86. The van der Waals surface area contributed by atoms with Crippen LogP contribution in [0.3, 0.4) is 0 Å². The molecule has 2 aromatic heterocycles. The van der Waals surface area contributed by atoms with Crippen LogP contribution in [0.2, 0.25) is 0 Å². The quantitative estimate of drug-likeness (QED) is 0.759. The lowest BCUT2D eigenvalue weighted by Crippen LogP contribution is -2.26. The largest absolute Gasteiger partial charge is 0.345 e. The molecule has 116 valence electrons. The lowest BCUT2D eigenvalue weighted by atomic mass is 10.0. The summed E-state index contributed by atoms with van der Waals surface area (Å²) < 4.78 is 0. The number of nitrogens with one attached hydrogen (secondary N) is 1. The van der Waals surface area contributed by atoms with Crippen molar-refractivity contribution in [2.45, 2.75) is 31.7 Å². The Morgan fingerprint density at radius 1 is 1.26 bits per heavy atom. The van der Waals surface area contributed by atoms with E-state index in [1.54, 1.807) is 11.3 Å². The van der Waals surface area contributed by atoms with Crippen LogP contribution in [0.4, 0.5) is 0 Å². The van der Waals surface area contributed by atoms with Gasteiger partial charge < -0.3 is 5.32 Å². The molecular weight excluding hydrogens is 304 g/mol. The van der Waals surface area contributed by atoms with Gasteiger partial charge >= 0.3 is 0 Å². The molecule has 0 unspecified atom stereocenters. The molecule has 1 atom stereocenters. The Bertz CT molecular complexity index is 853. The van der Waals surface area contributed by atoms with E-state index in [1.165, 1.54) is 17.7 Å². The number of amides is 1. The van der Waals surface area contributed by atoms with Gasteiger partial charge in [-0.1, -0.05) is 24.3 Å². The van der Waals surface area contributed by atoms with E-state index in [-0.39, 0.29) is 11.9 Å². The van der Waals surface area contributed by atoms with Gasteiger partial charge in [-0.05, 0) is 43.3 Å². The summed E-state index contributed by atoms with van der Waals surface area (Å²) in [5.41, 5.74) is 2.70. The summed E-state index contributed by atoms with van der Waals surface area (Å²) in [6.07, 6.45) is 2.36. The zero-order valence-corrected chi connectivity index (χ0v) is 13.8. The van der Waals surface area contributed by atoms with Crippen molar-refractivity contribution in [3.8, 4) is 0 Å². The highest BCUT2D eigenvalue weighted by Crippen LogP contribution is 2.40. The van der Waals surface area contributed by atoms with Gasteiger partial charge in [0.1, 0.15) is 0 Å². The molecule has 1 amide bonds. The Labute approximate surface area is 139 Å². The molecule has 2 heterocycles. The summed E-state index contributed by atoms with van der Waals surface area (Å²) in [7, 11) is 0. The molecule has 0 bridgehead atoms. The summed E-state index contributed by atoms with van der Waals surface area (Å²) in [4.78, 5) is 18.7. The molecule has 1 aliphatic rings. The van der Waals surface area contributed by atoms with Crippen molar-refractivity contribution in [1.82, 2.24) is 10.3 Å². The molecule has 1 aromatic carbocycles. The smallest absolute Gasteiger partial charge is 0.252 e. The topological polar surface area (TPSA) is 42.0 Å². The van der Waals surface area contributed by atoms with Crippen molar-refractivity contribution in [1.29, 1.82) is 0 Å². The lowest BCUT2D eigenvalue weighted by molar-refractivity contribution is 0.0942. The zero-order valence-electron chi connectivity index (χ0n) is 13.0. The predicted molar refractivity (Wildman–Crippen MR) is 93.9 cm³/mol. The highest BCUT2D eigenvalue weighted by Gasteiger charge is 2.27. The minimum atomic E-state index is -0.0219. The standard InChI is InChI=1S/C19H18N2OS/c1-12(18-7-4-10-23-18)20-19(22)15-11-17(13-8-9-13)21-16-6-3-2-5-14(15)16/h2-7,10-13H,8-9H2,1H3,(H,20,22)/t12-/m0/s1. The second kappa shape index (κ2) is 5.78. The molecule has 3 nitrogen and oxygen atoms in total. The number of carbonyl (C=O) groups excluding carboxylic acids is 1. The van der Waals surface area contributed by atoms with Gasteiger partial charge in [0, 0.05) is 21.9 Å². The van der Waals surface area contributed by atoms with Crippen LogP contribution in [-0.2, 0) is 0 Å². The molecule has 4 rings (SSSR count). The number of thiophene rings is 1. The van der Waals surface area contributed by atoms with Crippen LogP contribution in [-0.4, -0.2) is 10.9 Å². The van der Waals surface area contributed by atoms with Crippen molar-refractivity contribution in [3.05, 3.63) is 64.0 Å². The van der Waals surface area contributed by atoms with Crippen molar-refractivity contribution in [2.24, 2.45) is 0 Å². The van der Waals surface area contributed by atoms with Crippen LogP contribution in [0, 0.1) is 0 Å². The number of hydrogen-bond acceptors (Lipinski definition) is 3. The number of hydrogen-bond donors (Lipinski definition) is 1. The van der Waals surface area contributed by atoms with E-state index < -0.39 is 0 Å². The first kappa shape index (κ1) is 14.4. The zero-order chi connectivity index (χ0) is 15.8. The second-order valence-corrected chi connectivity index (χ2v) is 7.08. The van der Waals surface area contributed by atoms with E-state index in [9.17, 15) is 4.79 Å². The van der Waals surface area contributed by atoms with Gasteiger partial charge in [0.2, 0.25) is 0 Å². The Balaban J connectivity index is 1.70. The van der Waals surface area contributed by atoms with Crippen LogP contribution >= 0.6 is 11.3 Å². The summed E-state index contributed by atoms with van der Waals surface area (Å²) in [6, 6.07) is 14.0. The fourth-order valence-electron chi connectivity index (χ4n) is 2.86. The van der Waals surface area contributed by atoms with Crippen molar-refractivity contribution < 1.29 is 4.79 Å². The maximum atomic E-state index is 12.8. The molecule has 1 fully saturated rings. The van der Waals surface area contributed by atoms with E-state index in [0.29, 0.717) is 5.92 Å². The summed E-state index contributed by atoms with van der Waals surface area (Å²) >= 11 is 1.66. The second-order valence-electron chi connectivity index (χ2n) is 6.10. The number of benzene rings is 1. The van der Waals surface area contributed by atoms with E-state index in [1.807, 2.05) is 48.7 Å². The van der Waals surface area contributed by atoms with Gasteiger partial charge in [-0.25, -0.2) is 0 Å². The van der Waals surface area contributed by atoms with E-state index in [0.717, 1.165) is 22.2 Å². The van der Waals surface area contributed by atoms with E-state index in [2.05, 4.69) is 11.4 Å². The van der Waals surface area contributed by atoms with Crippen molar-refractivity contribution in [3.63, 3.8) is 0 Å². The molecule has 1 N–H and O–H groups in total. The van der Waals surface area contributed by atoms with Gasteiger partial charge in [-0.2, -0.15) is 0 Å². The number of para-hydroxylation sites is 1. The number of pyridine rings is 1. The first-order chi connectivity index (χ1) is 11.2. The summed E-state index contributed by atoms with van der Waals surface area (Å²) in [5.74, 6) is 0.507. The van der Waals surface area contributed by atoms with Crippen LogP contribution in [0.5, 0.6) is 0 Å². The molecule has 0 spiro atoms. The minimum Gasteiger partial charge on any atom is -0.345 e. The highest BCUT2D eigenvalue weighted by molar-refractivity contribution is 7.10. The van der Waals surface area contributed by atoms with Crippen molar-refractivity contribution in [2.75, 3.05) is 0 Å². The molecule has 1 saturated carbocycles. The molecule has 0 radical (unpaired) electrons. The van der Waals surface area contributed by atoms with Gasteiger partial charge in [0.15, 0.2) is 0 Å². The first-order valence-electron chi connectivity index (χ1n) is 7.96. The predicted octanol–water partition coefficient (Wildman–Crippen LogP) is 4.66. The van der Waals surface area contributed by atoms with E-state index >= 15 is 0 Å². The Kier molecular flexibility index (Phi) is 3.62. The van der Waals surface area contributed by atoms with Crippen molar-refractivity contribution >= 4 is 28.1 Å². The van der Waals surface area contributed by atoms with Gasteiger partial charge in [-0.3, -0.25) is 9.78 Å². The fraction of sp³-hybridized carbons (Fsp3) is 0.263. The normalized spacial score (nSPS) is 15.5. The SMILES string of the molecule is C[C@H](NC(=O)c1cc(C2CC2)nc2ccccc12)c1cccs1. The number of carbonyl (C=O) groups is 1. The third-order valence-electron chi connectivity index (χ3n) is 4.29. The molecule has 0 saturated heterocycles. The summed E-state index contributed by atoms with van der Waals surface area (Å²) in [6.45, 7) is 2.02. The Morgan fingerprint density at radius 3 is 2.83 bits per heavy atom. The minimum absolute atomic E-state index is 0.0128. The Morgan fingerprint density at radius 2 is 2.09 bits per heavy atom. The lowest BCUT2D eigenvalue weighted by Gasteiger charge is -2.14. The number of nitrogens with zero attached hydrogens (tertiary/aromatic N) is 1. The number of rotatable bonds is 4. The molecule has 3 aromatic rings. The number of aromatic nitrogens is 1. The van der Waals surface area contributed by atoms with E-state index in [4.69, 9.17) is 4.98 Å². The maximum Gasteiger partial charge on any atom is 0.252 e. The fourth-order valence-corrected chi connectivity index (χ4v) is 3.59. The molecular formula is C19H18N2OS. The summed E-state index contributed by atoms with van der Waals surface area (Å²) in [5, 5.41) is 6.08. The molecule has 0 aliphatic heterocycles. The van der Waals surface area contributed by atoms with Crippen LogP contribution < -0.4 is 5.32 Å². The van der Waals surface area contributed by atoms with Crippen LogP contribution in [0.1, 0.15) is 52.7 Å². The molecule has 4 heteroatoms. The van der Waals surface area contributed by atoms with Gasteiger partial charge in [0.05, 0.1) is 17.1 Å². The monoisotopic (exact) mass is 322 g/mol. The highest BCUT2D eigenvalue weighted by atomic mass is 32.1. The van der Waals surface area contributed by atoms with Gasteiger partial charge in [0.25, 0.3) is 5.91 Å². The maximum absolute atomic E-state index is 12.8. The Hall–Kier alpha value is -2.20. The average molecular weight is 322 g/mol. The first-order valence-corrected chi connectivity index (χ1v) is 8.84. The van der Waals surface area contributed by atoms with Crippen LogP contribution in [0.25, 0.3) is 10.9 Å². The van der Waals surface area contributed by atoms with Gasteiger partial charge in [-0.15, -0.1) is 11.3 Å².